The second kappa shape index (κ2) is 22.1. The Bertz CT molecular complexity index is 5700. The number of nitrogens with zero attached hydrogens (tertiary/aromatic N) is 10. The van der Waals surface area contributed by atoms with Crippen LogP contribution in [-0.4, -0.2) is 95.7 Å². The molecule has 18 rings (SSSR count). The highest BCUT2D eigenvalue weighted by Crippen LogP contribution is 2.52. The molecule has 0 amide bonds. The Labute approximate surface area is 552 Å². The molecule has 10 heterocycles. The Morgan fingerprint density at radius 2 is 1.06 bits per heavy atom. The molecule has 4 aliphatic carbocycles. The van der Waals surface area contributed by atoms with E-state index in [2.05, 4.69) is 28.6 Å². The van der Waals surface area contributed by atoms with E-state index in [-0.39, 0.29) is 48.2 Å². The molecular weight excluding hydrogens is 1320 g/mol. The lowest BCUT2D eigenvalue weighted by Crippen LogP contribution is -2.36. The van der Waals surface area contributed by atoms with Gasteiger partial charge >= 0.3 is 12.2 Å². The second-order valence-electron chi connectivity index (χ2n) is 23.9. The lowest BCUT2D eigenvalue weighted by atomic mass is 9.73. The van der Waals surface area contributed by atoms with E-state index in [4.69, 9.17) is 24.4 Å². The summed E-state index contributed by atoms with van der Waals surface area (Å²) in [5, 5.41) is 1.77. The third-order valence-corrected chi connectivity index (χ3v) is 24.6. The SMILES string of the molecule is O=C1C(=O)C2CC(c3ccc4c(c3)sc3c5sc(-c6ncc(N=C7C(=O)C(=O)C8C(F)CC(F)CC78)c7nsnc67)cc5n(C(=O)OCc5ccccc5)c43)CCC2C1=Nc1cnc(-c2cc3c(s2)c2sc4ccccc4c2n3C(=O)OCc2ccccc2)c2nsnc12. The number of hydrogen-bond donors (Lipinski definition) is 0. The highest BCUT2D eigenvalue weighted by Gasteiger charge is 2.55. The first-order chi connectivity index (χ1) is 45.9. The van der Waals surface area contributed by atoms with Crippen molar-refractivity contribution in [1.29, 1.82) is 0 Å². The van der Waals surface area contributed by atoms with Crippen LogP contribution in [0.1, 0.15) is 54.7 Å². The van der Waals surface area contributed by atoms with E-state index < -0.39 is 77.8 Å². The molecule has 0 aliphatic heterocycles. The predicted molar refractivity (Wildman–Crippen MR) is 362 cm³/mol. The Morgan fingerprint density at radius 3 is 1.67 bits per heavy atom. The molecule has 4 saturated carbocycles. The number of ketones is 4. The molecular formula is C68H42F2N10O8S6. The molecule has 4 fully saturated rings. The summed E-state index contributed by atoms with van der Waals surface area (Å²) in [6.45, 7) is 0.123. The number of rotatable bonds is 9. The number of alkyl halides is 2. The maximum Gasteiger partial charge on any atom is 0.419 e. The minimum atomic E-state index is -1.79. The van der Waals surface area contributed by atoms with Gasteiger partial charge in [-0.15, -0.1) is 45.3 Å². The third-order valence-electron chi connectivity index (χ3n) is 18.7. The van der Waals surface area contributed by atoms with Crippen LogP contribution in [-0.2, 0) is 41.9 Å². The molecule has 14 aromatic rings. The first-order valence-corrected chi connectivity index (χ1v) is 34.9. The molecule has 7 atom stereocenters. The summed E-state index contributed by atoms with van der Waals surface area (Å²) in [4.78, 5) is 104. The van der Waals surface area contributed by atoms with Crippen LogP contribution < -0.4 is 0 Å². The van der Waals surface area contributed by atoms with Crippen LogP contribution in [0.5, 0.6) is 0 Å². The van der Waals surface area contributed by atoms with Crippen molar-refractivity contribution in [3.8, 4) is 21.1 Å². The van der Waals surface area contributed by atoms with Gasteiger partial charge < -0.3 is 9.47 Å². The van der Waals surface area contributed by atoms with Gasteiger partial charge in [0.2, 0.25) is 23.1 Å². The molecule has 7 unspecified atom stereocenters. The lowest BCUT2D eigenvalue weighted by molar-refractivity contribution is -0.136. The highest BCUT2D eigenvalue weighted by molar-refractivity contribution is 7.33. The molecule has 26 heteroatoms. The van der Waals surface area contributed by atoms with Gasteiger partial charge in [-0.3, -0.25) is 29.1 Å². The number of pyridine rings is 2. The third kappa shape index (κ3) is 8.96. The molecule has 18 nitrogen and oxygen atoms in total. The zero-order valence-electron chi connectivity index (χ0n) is 48.6. The Hall–Kier alpha value is -9.44. The summed E-state index contributed by atoms with van der Waals surface area (Å²) in [6.07, 6.45) is -0.426. The van der Waals surface area contributed by atoms with E-state index in [1.807, 2.05) is 109 Å². The number of benzene rings is 4. The topological polar surface area (TPSA) is 233 Å². The van der Waals surface area contributed by atoms with E-state index in [0.717, 1.165) is 89.5 Å². The normalized spacial score (nSPS) is 21.7. The molecule has 10 aromatic heterocycles. The van der Waals surface area contributed by atoms with Crippen LogP contribution in [0, 0.1) is 23.7 Å². The van der Waals surface area contributed by atoms with Crippen LogP contribution in [0.4, 0.5) is 29.7 Å². The fourth-order valence-electron chi connectivity index (χ4n) is 14.3. The van der Waals surface area contributed by atoms with E-state index in [1.165, 1.54) is 40.2 Å². The van der Waals surface area contributed by atoms with Gasteiger partial charge in [-0.25, -0.2) is 37.5 Å². The van der Waals surface area contributed by atoms with Gasteiger partial charge in [-0.1, -0.05) is 91.0 Å². The monoisotopic (exact) mass is 1360 g/mol. The van der Waals surface area contributed by atoms with E-state index in [9.17, 15) is 33.2 Å². The van der Waals surface area contributed by atoms with Crippen LogP contribution in [0.15, 0.2) is 138 Å². The number of aliphatic imine (C=N–C) groups is 2. The number of aromatic nitrogens is 8. The molecule has 462 valence electrons. The number of Topliss-reactive ketones (excluding diaryl/α,β-unsaturated/α-hetero) is 4. The maximum atomic E-state index is 15.0. The number of hydrogen-bond acceptors (Lipinski definition) is 22. The van der Waals surface area contributed by atoms with Gasteiger partial charge in [-0.2, -0.15) is 17.5 Å². The van der Waals surface area contributed by atoms with E-state index >= 15 is 4.39 Å². The van der Waals surface area contributed by atoms with E-state index in [1.54, 1.807) is 26.7 Å². The molecule has 4 aromatic carbocycles. The highest BCUT2D eigenvalue weighted by atomic mass is 32.1. The summed E-state index contributed by atoms with van der Waals surface area (Å²) < 4.78 is 68.7. The number of halogens is 2. The molecule has 0 saturated heterocycles. The van der Waals surface area contributed by atoms with Gasteiger partial charge in [0.25, 0.3) is 0 Å². The average Bonchev–Trinajstić information content (AvgIpc) is 1.56. The van der Waals surface area contributed by atoms with Crippen molar-refractivity contribution < 1.29 is 47.0 Å². The number of fused-ring (bicyclic) bond motifs is 14. The summed E-state index contributed by atoms with van der Waals surface area (Å²) in [7, 11) is 0. The largest absolute Gasteiger partial charge is 0.444 e. The standard InChI is InChI=1S/C68H42F2N10O8S6/c69-33-21-38-48(39(70)22-33)60(82)62(84)50(38)74-41-26-72-54(56-52(41)76-94-78-56)47-24-43-64(92-47)66-58(80(43)68(86)88-28-30-11-5-2-6-12-30)36-18-16-32(20-45(36)90-66)31-15-17-34-37(19-31)59(81)61(83)49(34)73-40-25-71-53(55-51(40)75-93-77-55)46-23-42-63(91-46)65-57(35-13-7-8-14-44(35)89-65)79(42)67(85)87-27-29-9-3-1-4-10-29/h1-14,16,18,20,23-26,31,33-34,37-39,48H,15,17,19,21-22,27-28H2. The van der Waals surface area contributed by atoms with Gasteiger partial charge in [-0.05, 0) is 72.6 Å². The van der Waals surface area contributed by atoms with Gasteiger partial charge in [0.05, 0.1) is 104 Å². The second-order valence-corrected chi connectivity index (χ2v) is 29.2. The fraction of sp³-hybridized carbons (Fsp3) is 0.206. The Kier molecular flexibility index (Phi) is 13.5. The summed E-state index contributed by atoms with van der Waals surface area (Å²) in [5.41, 5.74) is 8.41. The van der Waals surface area contributed by atoms with Crippen molar-refractivity contribution >= 4 is 210 Å². The van der Waals surface area contributed by atoms with Crippen LogP contribution in [0.3, 0.4) is 0 Å². The molecule has 0 bridgehead atoms. The molecule has 0 radical (unpaired) electrons. The quantitative estimate of drug-likeness (QED) is 0.122. The Morgan fingerprint density at radius 1 is 0.532 bits per heavy atom. The van der Waals surface area contributed by atoms with Crippen LogP contribution in [0.2, 0.25) is 0 Å². The van der Waals surface area contributed by atoms with Gasteiger partial charge in [0.1, 0.15) is 70.4 Å². The van der Waals surface area contributed by atoms with Crippen molar-refractivity contribution in [2.75, 3.05) is 0 Å². The first-order valence-electron chi connectivity index (χ1n) is 30.1. The van der Waals surface area contributed by atoms with Crippen molar-refractivity contribution in [2.24, 2.45) is 33.7 Å². The number of carbonyl (C=O) groups excluding carboxylic acids is 6. The minimum Gasteiger partial charge on any atom is -0.444 e. The number of carbonyl (C=O) groups is 6. The van der Waals surface area contributed by atoms with Crippen molar-refractivity contribution in [3.05, 3.63) is 144 Å². The number of ether oxygens (including phenoxy) is 2. The van der Waals surface area contributed by atoms with Crippen molar-refractivity contribution in [2.45, 2.75) is 63.6 Å². The average molecular weight is 1360 g/mol. The lowest BCUT2D eigenvalue weighted by Gasteiger charge is -2.30. The summed E-state index contributed by atoms with van der Waals surface area (Å²) in [5.74, 6) is -6.29. The fourth-order valence-corrected chi connectivity index (χ4v) is 20.4. The molecule has 0 spiro atoms. The smallest absolute Gasteiger partial charge is 0.419 e. The first kappa shape index (κ1) is 57.2. The van der Waals surface area contributed by atoms with E-state index in [0.29, 0.717) is 74.3 Å². The minimum absolute atomic E-state index is 0.0190. The molecule has 0 N–H and O–H groups in total. The van der Waals surface area contributed by atoms with Crippen molar-refractivity contribution in [1.82, 2.24) is 36.6 Å². The van der Waals surface area contributed by atoms with Crippen LogP contribution >= 0.6 is 68.8 Å². The summed E-state index contributed by atoms with van der Waals surface area (Å²) >= 11 is 7.93. The molecule has 94 heavy (non-hydrogen) atoms. The van der Waals surface area contributed by atoms with Crippen molar-refractivity contribution in [3.63, 3.8) is 0 Å². The van der Waals surface area contributed by atoms with Crippen LogP contribution in [0.25, 0.3) is 104 Å². The number of thiophene rings is 4. The zero-order chi connectivity index (χ0) is 63.4. The van der Waals surface area contributed by atoms with Gasteiger partial charge in [0.15, 0.2) is 0 Å². The van der Waals surface area contributed by atoms with Gasteiger partial charge in [0, 0.05) is 44.3 Å². The Balaban J connectivity index is 0.646. The predicted octanol–water partition coefficient (Wildman–Crippen LogP) is 16.3. The zero-order valence-corrected chi connectivity index (χ0v) is 53.5. The summed E-state index contributed by atoms with van der Waals surface area (Å²) in [6, 6.07) is 36.9. The maximum absolute atomic E-state index is 15.0. The molecule has 4 aliphatic rings.